The fourth-order valence-electron chi connectivity index (χ4n) is 3.61. The standard InChI is InChI=1S/C23H49NO2/c1-5-7-9-11-13-15-17-19-21-24(23(25-3)26-4)22-20-18-16-14-12-10-8-6-2/h23H,5-22H2,1-4H3. The molecular weight excluding hydrogens is 322 g/mol. The number of hydrogen-bond acceptors (Lipinski definition) is 3. The van der Waals surface area contributed by atoms with Crippen molar-refractivity contribution in [2.24, 2.45) is 0 Å². The lowest BCUT2D eigenvalue weighted by molar-refractivity contribution is -0.196. The van der Waals surface area contributed by atoms with Gasteiger partial charge in [0.15, 0.2) is 0 Å². The predicted molar refractivity (Wildman–Crippen MR) is 115 cm³/mol. The van der Waals surface area contributed by atoms with Crippen LogP contribution in [0.5, 0.6) is 0 Å². The molecular formula is C23H49NO2. The van der Waals surface area contributed by atoms with E-state index in [9.17, 15) is 0 Å². The third kappa shape index (κ3) is 16.1. The summed E-state index contributed by atoms with van der Waals surface area (Å²) in [5.74, 6) is 0. The molecule has 3 nitrogen and oxygen atoms in total. The first-order chi connectivity index (χ1) is 12.8. The van der Waals surface area contributed by atoms with Gasteiger partial charge in [-0.2, -0.15) is 0 Å². The molecule has 0 aliphatic carbocycles. The molecule has 0 fully saturated rings. The Hall–Kier alpha value is -0.120. The fourth-order valence-corrected chi connectivity index (χ4v) is 3.61. The van der Waals surface area contributed by atoms with Gasteiger partial charge in [-0.15, -0.1) is 0 Å². The Morgan fingerprint density at radius 1 is 0.500 bits per heavy atom. The molecule has 26 heavy (non-hydrogen) atoms. The number of ether oxygens (including phenoxy) is 2. The summed E-state index contributed by atoms with van der Waals surface area (Å²) in [7, 11) is 3.51. The van der Waals surface area contributed by atoms with Crippen LogP contribution in [0.4, 0.5) is 0 Å². The lowest BCUT2D eigenvalue weighted by Gasteiger charge is -2.29. The molecule has 0 aromatic rings. The van der Waals surface area contributed by atoms with Crippen LogP contribution < -0.4 is 0 Å². The highest BCUT2D eigenvalue weighted by Crippen LogP contribution is 2.13. The molecule has 0 heterocycles. The second kappa shape index (κ2) is 21.2. The van der Waals surface area contributed by atoms with Crippen LogP contribution in [0.15, 0.2) is 0 Å². The summed E-state index contributed by atoms with van der Waals surface area (Å²) >= 11 is 0. The van der Waals surface area contributed by atoms with Crippen molar-refractivity contribution >= 4 is 0 Å². The normalized spacial score (nSPS) is 11.8. The third-order valence-electron chi connectivity index (χ3n) is 5.30. The van der Waals surface area contributed by atoms with E-state index >= 15 is 0 Å². The van der Waals surface area contributed by atoms with Gasteiger partial charge < -0.3 is 9.47 Å². The lowest BCUT2D eigenvalue weighted by atomic mass is 10.1. The topological polar surface area (TPSA) is 21.7 Å². The molecule has 0 rings (SSSR count). The molecule has 0 aromatic carbocycles. The van der Waals surface area contributed by atoms with Gasteiger partial charge in [-0.25, -0.2) is 0 Å². The van der Waals surface area contributed by atoms with Crippen LogP contribution in [0.2, 0.25) is 0 Å². The van der Waals surface area contributed by atoms with E-state index in [2.05, 4.69) is 18.7 Å². The van der Waals surface area contributed by atoms with Crippen molar-refractivity contribution in [1.29, 1.82) is 0 Å². The van der Waals surface area contributed by atoms with Crippen molar-refractivity contribution < 1.29 is 9.47 Å². The molecule has 0 saturated carbocycles. The molecule has 158 valence electrons. The molecule has 3 heteroatoms. The maximum Gasteiger partial charge on any atom is 0.218 e. The van der Waals surface area contributed by atoms with Gasteiger partial charge in [-0.1, -0.05) is 104 Å². The smallest absolute Gasteiger partial charge is 0.218 e. The number of nitrogens with zero attached hydrogens (tertiary/aromatic N) is 1. The summed E-state index contributed by atoms with van der Waals surface area (Å²) in [6.45, 7) is 6.75. The maximum absolute atomic E-state index is 5.51. The summed E-state index contributed by atoms with van der Waals surface area (Å²) in [5, 5.41) is 0. The Kier molecular flexibility index (Phi) is 21.1. The second-order valence-corrected chi connectivity index (χ2v) is 7.76. The monoisotopic (exact) mass is 371 g/mol. The summed E-state index contributed by atoms with van der Waals surface area (Å²) in [6.07, 6.45) is 21.7. The first-order valence-corrected chi connectivity index (χ1v) is 11.6. The van der Waals surface area contributed by atoms with E-state index in [4.69, 9.17) is 9.47 Å². The van der Waals surface area contributed by atoms with Crippen LogP contribution in [0.25, 0.3) is 0 Å². The van der Waals surface area contributed by atoms with Crippen molar-refractivity contribution in [1.82, 2.24) is 4.90 Å². The fraction of sp³-hybridized carbons (Fsp3) is 1.00. The van der Waals surface area contributed by atoms with Gasteiger partial charge in [-0.05, 0) is 12.8 Å². The Bertz CT molecular complexity index is 237. The zero-order valence-corrected chi connectivity index (χ0v) is 18.6. The lowest BCUT2D eigenvalue weighted by Crippen LogP contribution is -2.39. The van der Waals surface area contributed by atoms with Crippen molar-refractivity contribution in [2.75, 3.05) is 27.3 Å². The Morgan fingerprint density at radius 3 is 1.12 bits per heavy atom. The zero-order valence-electron chi connectivity index (χ0n) is 18.6. The van der Waals surface area contributed by atoms with Gasteiger partial charge in [0.2, 0.25) is 6.41 Å². The largest absolute Gasteiger partial charge is 0.343 e. The van der Waals surface area contributed by atoms with E-state index in [0.717, 1.165) is 13.1 Å². The van der Waals surface area contributed by atoms with E-state index in [1.165, 1.54) is 103 Å². The third-order valence-corrected chi connectivity index (χ3v) is 5.30. The highest BCUT2D eigenvalue weighted by Gasteiger charge is 2.16. The van der Waals surface area contributed by atoms with E-state index in [1.807, 2.05) is 0 Å². The molecule has 0 radical (unpaired) electrons. The maximum atomic E-state index is 5.51. The molecule has 0 spiro atoms. The number of hydrogen-bond donors (Lipinski definition) is 0. The minimum Gasteiger partial charge on any atom is -0.343 e. The molecule has 0 aromatic heterocycles. The van der Waals surface area contributed by atoms with Crippen molar-refractivity contribution in [3.05, 3.63) is 0 Å². The highest BCUT2D eigenvalue weighted by atomic mass is 16.7. The molecule has 0 saturated heterocycles. The molecule has 0 bridgehead atoms. The van der Waals surface area contributed by atoms with Crippen LogP contribution in [0, 0.1) is 0 Å². The summed E-state index contributed by atoms with van der Waals surface area (Å²) in [6, 6.07) is 0. The summed E-state index contributed by atoms with van der Waals surface area (Å²) in [5.41, 5.74) is 0. The summed E-state index contributed by atoms with van der Waals surface area (Å²) < 4.78 is 11.0. The van der Waals surface area contributed by atoms with Gasteiger partial charge in [0.1, 0.15) is 0 Å². The Balaban J connectivity index is 3.78. The van der Waals surface area contributed by atoms with E-state index in [1.54, 1.807) is 14.2 Å². The quantitative estimate of drug-likeness (QED) is 0.158. The van der Waals surface area contributed by atoms with E-state index in [0.29, 0.717) is 0 Å². The zero-order chi connectivity index (χ0) is 19.3. The van der Waals surface area contributed by atoms with Crippen LogP contribution in [-0.4, -0.2) is 38.6 Å². The molecule has 0 atom stereocenters. The number of methoxy groups -OCH3 is 2. The van der Waals surface area contributed by atoms with Crippen molar-refractivity contribution in [3.63, 3.8) is 0 Å². The SMILES string of the molecule is CCCCCCCCCCN(CCCCCCCCCC)C(OC)OC. The van der Waals surface area contributed by atoms with Crippen LogP contribution in [-0.2, 0) is 9.47 Å². The Morgan fingerprint density at radius 2 is 0.808 bits per heavy atom. The predicted octanol–water partition coefficient (Wildman–Crippen LogP) is 7.15. The van der Waals surface area contributed by atoms with Gasteiger partial charge in [0.05, 0.1) is 0 Å². The summed E-state index contributed by atoms with van der Waals surface area (Å²) in [4.78, 5) is 2.38. The average Bonchev–Trinajstić information content (AvgIpc) is 2.66. The van der Waals surface area contributed by atoms with E-state index < -0.39 is 0 Å². The van der Waals surface area contributed by atoms with Gasteiger partial charge in [0.25, 0.3) is 0 Å². The molecule has 0 aliphatic rings. The van der Waals surface area contributed by atoms with Crippen molar-refractivity contribution in [3.8, 4) is 0 Å². The molecule has 0 N–H and O–H groups in total. The van der Waals surface area contributed by atoms with Crippen LogP contribution in [0.1, 0.15) is 117 Å². The first-order valence-electron chi connectivity index (χ1n) is 11.6. The minimum atomic E-state index is -0.177. The first kappa shape index (κ1) is 25.9. The van der Waals surface area contributed by atoms with Gasteiger partial charge >= 0.3 is 0 Å². The molecule has 0 unspecified atom stereocenters. The van der Waals surface area contributed by atoms with Gasteiger partial charge in [0, 0.05) is 27.3 Å². The molecule has 0 amide bonds. The van der Waals surface area contributed by atoms with Crippen molar-refractivity contribution in [2.45, 2.75) is 123 Å². The molecule has 0 aliphatic heterocycles. The highest BCUT2D eigenvalue weighted by molar-refractivity contribution is 4.59. The van der Waals surface area contributed by atoms with E-state index in [-0.39, 0.29) is 6.41 Å². The van der Waals surface area contributed by atoms with Crippen LogP contribution in [0.3, 0.4) is 0 Å². The average molecular weight is 372 g/mol. The Labute approximate surface area is 165 Å². The minimum absolute atomic E-state index is 0.177. The van der Waals surface area contributed by atoms with Gasteiger partial charge in [-0.3, -0.25) is 4.90 Å². The number of unbranched alkanes of at least 4 members (excludes halogenated alkanes) is 14. The van der Waals surface area contributed by atoms with Crippen LogP contribution >= 0.6 is 0 Å². The second-order valence-electron chi connectivity index (χ2n) is 7.76. The number of rotatable bonds is 21.